The lowest BCUT2D eigenvalue weighted by Crippen LogP contribution is -2.31. The van der Waals surface area contributed by atoms with Gasteiger partial charge in [-0.05, 0) is 48.6 Å². The van der Waals surface area contributed by atoms with Gasteiger partial charge in [0.1, 0.15) is 16.1 Å². The van der Waals surface area contributed by atoms with Crippen LogP contribution in [-0.2, 0) is 20.0 Å². The van der Waals surface area contributed by atoms with Crippen molar-refractivity contribution in [3.63, 3.8) is 0 Å². The van der Waals surface area contributed by atoms with Crippen molar-refractivity contribution in [3.05, 3.63) is 81.4 Å². The molecule has 184 valence electrons. The van der Waals surface area contributed by atoms with Gasteiger partial charge in [-0.3, -0.25) is 4.68 Å². The number of nitriles is 1. The van der Waals surface area contributed by atoms with E-state index in [4.69, 9.17) is 28.2 Å². The first kappa shape index (κ1) is 25.6. The Balaban J connectivity index is 1.71. The highest BCUT2D eigenvalue weighted by Crippen LogP contribution is 2.29. The minimum absolute atomic E-state index is 0.271. The smallest absolute Gasteiger partial charge is 0.207 e. The minimum atomic E-state index is 0.271. The zero-order valence-electron chi connectivity index (χ0n) is 20.7. The highest BCUT2D eigenvalue weighted by Gasteiger charge is 2.19. The molecule has 9 heteroatoms. The van der Waals surface area contributed by atoms with E-state index in [-0.39, 0.29) is 10.3 Å². The van der Waals surface area contributed by atoms with Crippen LogP contribution in [0, 0.1) is 18.4 Å². The van der Waals surface area contributed by atoms with Crippen LogP contribution in [-0.4, -0.2) is 25.6 Å². The lowest BCUT2D eigenvalue weighted by Gasteiger charge is -2.26. The van der Waals surface area contributed by atoms with E-state index >= 15 is 0 Å². The van der Waals surface area contributed by atoms with Crippen molar-refractivity contribution in [2.24, 2.45) is 12.0 Å². The molecule has 3 aromatic heterocycles. The number of hydrogen-bond donors (Lipinski definition) is 0. The van der Waals surface area contributed by atoms with E-state index in [9.17, 15) is 5.26 Å². The fourth-order valence-electron chi connectivity index (χ4n) is 4.37. The van der Waals surface area contributed by atoms with Gasteiger partial charge in [0.05, 0.1) is 5.69 Å². The van der Waals surface area contributed by atoms with Gasteiger partial charge in [0.25, 0.3) is 0 Å². The third-order valence-corrected chi connectivity index (χ3v) is 6.40. The molecule has 7 nitrogen and oxygen atoms in total. The van der Waals surface area contributed by atoms with Crippen LogP contribution in [0.25, 0.3) is 11.0 Å². The van der Waals surface area contributed by atoms with Crippen molar-refractivity contribution < 1.29 is 0 Å². The summed E-state index contributed by atoms with van der Waals surface area (Å²) >= 11 is 12.5. The van der Waals surface area contributed by atoms with Gasteiger partial charge in [0, 0.05) is 36.8 Å². The number of amidine groups is 1. The molecule has 0 unspecified atom stereocenters. The number of benzene rings is 1. The molecule has 4 aromatic rings. The molecule has 0 aliphatic carbocycles. The topological polar surface area (TPSA) is 83.0 Å². The number of aromatic nitrogens is 4. The van der Waals surface area contributed by atoms with Gasteiger partial charge in [-0.25, -0.2) is 9.97 Å². The van der Waals surface area contributed by atoms with Crippen LogP contribution in [0.1, 0.15) is 48.7 Å². The number of hydrogen-bond acceptors (Lipinski definition) is 5. The number of rotatable bonds is 7. The lowest BCUT2D eigenvalue weighted by atomic mass is 9.98. The molecule has 4 rings (SSSR count). The van der Waals surface area contributed by atoms with Gasteiger partial charge in [-0.15, -0.1) is 0 Å². The summed E-state index contributed by atoms with van der Waals surface area (Å²) in [6.07, 6.45) is 3.06. The van der Waals surface area contributed by atoms with Crippen LogP contribution in [0.4, 0.5) is 5.69 Å². The van der Waals surface area contributed by atoms with E-state index in [1.807, 2.05) is 60.1 Å². The van der Waals surface area contributed by atoms with E-state index < -0.39 is 0 Å². The van der Waals surface area contributed by atoms with E-state index in [0.717, 1.165) is 28.0 Å². The van der Waals surface area contributed by atoms with Gasteiger partial charge in [0.15, 0.2) is 5.65 Å². The maximum Gasteiger partial charge on any atom is 0.207 e. The van der Waals surface area contributed by atoms with Gasteiger partial charge in [-0.2, -0.15) is 15.4 Å². The number of aliphatic imine (C=N–C) groups is 1. The number of halogens is 2. The number of nitrogens with zero attached hydrogens (tertiary/aromatic N) is 7. The highest BCUT2D eigenvalue weighted by molar-refractivity contribution is 6.33. The summed E-state index contributed by atoms with van der Waals surface area (Å²) in [5, 5.41) is 15.8. The molecule has 0 saturated carbocycles. The first-order chi connectivity index (χ1) is 17.3. The summed E-state index contributed by atoms with van der Waals surface area (Å²) in [5.41, 5.74) is 5.74. The summed E-state index contributed by atoms with van der Waals surface area (Å²) in [4.78, 5) is 15.1. The standard InChI is InChI=1S/C27H27Cl2N7/c1-17(2)22-12-20(32-27-26(22)18(3)34-35(27)4)10-11-25(31-16-30)36(15-19-8-6-5-7-9-19)21-13-23(28)33-24(29)14-21/h5-9,12-14,17H,10-11,15H2,1-4H3. The maximum absolute atomic E-state index is 9.55. The lowest BCUT2D eigenvalue weighted by molar-refractivity contribution is 0.769. The first-order valence-corrected chi connectivity index (χ1v) is 12.5. The van der Waals surface area contributed by atoms with Crippen LogP contribution in [0.2, 0.25) is 10.3 Å². The quantitative estimate of drug-likeness (QED) is 0.118. The Hall–Kier alpha value is -3.47. The van der Waals surface area contributed by atoms with Crippen molar-refractivity contribution in [3.8, 4) is 6.19 Å². The molecule has 36 heavy (non-hydrogen) atoms. The Morgan fingerprint density at radius 2 is 1.81 bits per heavy atom. The molecule has 0 spiro atoms. The SMILES string of the molecule is Cc1nn(C)c2nc(CCC(=NC#N)N(Cc3ccccc3)c3cc(Cl)nc(Cl)c3)cc(C(C)C)c12. The van der Waals surface area contributed by atoms with Crippen LogP contribution < -0.4 is 4.90 Å². The predicted molar refractivity (Wildman–Crippen MR) is 146 cm³/mol. The summed E-state index contributed by atoms with van der Waals surface area (Å²) < 4.78 is 1.83. The molecule has 0 N–H and O–H groups in total. The van der Waals surface area contributed by atoms with Gasteiger partial charge < -0.3 is 4.90 Å². The summed E-state index contributed by atoms with van der Waals surface area (Å²) in [6.45, 7) is 6.85. The van der Waals surface area contributed by atoms with Crippen molar-refractivity contribution in [2.75, 3.05) is 4.90 Å². The van der Waals surface area contributed by atoms with Crippen molar-refractivity contribution >= 4 is 45.8 Å². The normalized spacial score (nSPS) is 11.8. The predicted octanol–water partition coefficient (Wildman–Crippen LogP) is 6.62. The Labute approximate surface area is 221 Å². The first-order valence-electron chi connectivity index (χ1n) is 11.7. The van der Waals surface area contributed by atoms with E-state index in [2.05, 4.69) is 35.0 Å². The Kier molecular flexibility index (Phi) is 7.88. The Morgan fingerprint density at radius 3 is 2.44 bits per heavy atom. The second-order valence-electron chi connectivity index (χ2n) is 8.94. The second kappa shape index (κ2) is 11.1. The van der Waals surface area contributed by atoms with Crippen LogP contribution in [0.15, 0.2) is 53.5 Å². The monoisotopic (exact) mass is 519 g/mol. The third-order valence-electron chi connectivity index (χ3n) is 6.01. The average molecular weight is 520 g/mol. The number of fused-ring (bicyclic) bond motifs is 1. The maximum atomic E-state index is 9.55. The second-order valence-corrected chi connectivity index (χ2v) is 9.71. The van der Waals surface area contributed by atoms with Crippen LogP contribution >= 0.6 is 23.2 Å². The number of pyridine rings is 2. The Bertz CT molecular complexity index is 1430. The molecule has 0 fully saturated rings. The third kappa shape index (κ3) is 5.67. The molecule has 0 atom stereocenters. The molecule has 0 saturated heterocycles. The largest absolute Gasteiger partial charge is 0.324 e. The fraction of sp³-hybridized carbons (Fsp3) is 0.296. The molecule has 0 aliphatic rings. The average Bonchev–Trinajstić information content (AvgIpc) is 3.13. The minimum Gasteiger partial charge on any atom is -0.324 e. The Morgan fingerprint density at radius 1 is 1.11 bits per heavy atom. The van der Waals surface area contributed by atoms with Gasteiger partial charge in [-0.1, -0.05) is 67.4 Å². The van der Waals surface area contributed by atoms with Crippen LogP contribution in [0.5, 0.6) is 0 Å². The van der Waals surface area contributed by atoms with Crippen molar-refractivity contribution in [1.29, 1.82) is 5.26 Å². The zero-order valence-corrected chi connectivity index (χ0v) is 22.2. The molecular weight excluding hydrogens is 493 g/mol. The molecule has 0 aliphatic heterocycles. The number of aryl methyl sites for hydroxylation is 3. The van der Waals surface area contributed by atoms with Gasteiger partial charge >= 0.3 is 0 Å². The molecule has 1 aromatic carbocycles. The molecular formula is C27H27Cl2N7. The number of anilines is 1. The molecule has 0 bridgehead atoms. The zero-order chi connectivity index (χ0) is 25.8. The van der Waals surface area contributed by atoms with E-state index in [1.54, 1.807) is 12.1 Å². The molecule has 0 amide bonds. The van der Waals surface area contributed by atoms with Crippen LogP contribution in [0.3, 0.4) is 0 Å². The van der Waals surface area contributed by atoms with E-state index in [0.29, 0.717) is 36.8 Å². The highest BCUT2D eigenvalue weighted by atomic mass is 35.5. The summed E-state index contributed by atoms with van der Waals surface area (Å²) in [7, 11) is 1.91. The summed E-state index contributed by atoms with van der Waals surface area (Å²) in [6, 6.07) is 15.6. The van der Waals surface area contributed by atoms with Crippen molar-refractivity contribution in [1.82, 2.24) is 19.7 Å². The summed E-state index contributed by atoms with van der Waals surface area (Å²) in [5.74, 6) is 0.911. The van der Waals surface area contributed by atoms with Crippen molar-refractivity contribution in [2.45, 2.75) is 46.1 Å². The fourth-order valence-corrected chi connectivity index (χ4v) is 4.82. The van der Waals surface area contributed by atoms with E-state index in [1.165, 1.54) is 5.56 Å². The molecule has 0 radical (unpaired) electrons. The van der Waals surface area contributed by atoms with Gasteiger partial charge in [0.2, 0.25) is 6.19 Å². The molecule has 3 heterocycles.